The van der Waals surface area contributed by atoms with Crippen LogP contribution in [0.25, 0.3) is 6.08 Å². The number of hydrogen-bond acceptors (Lipinski definition) is 3. The van der Waals surface area contributed by atoms with E-state index in [0.29, 0.717) is 23.8 Å². The molecule has 2 aromatic rings. The van der Waals surface area contributed by atoms with Crippen molar-refractivity contribution in [1.82, 2.24) is 10.2 Å². The second-order valence-corrected chi connectivity index (χ2v) is 7.27. The van der Waals surface area contributed by atoms with E-state index in [4.69, 9.17) is 0 Å². The Bertz CT molecular complexity index is 931. The lowest BCUT2D eigenvalue weighted by Crippen LogP contribution is -2.25. The summed E-state index contributed by atoms with van der Waals surface area (Å²) in [6, 6.07) is 14.9. The Morgan fingerprint density at radius 2 is 1.83 bits per heavy atom. The van der Waals surface area contributed by atoms with Crippen LogP contribution in [0.4, 0.5) is 5.69 Å². The summed E-state index contributed by atoms with van der Waals surface area (Å²) in [5.74, 6) is -0.327. The number of benzene rings is 2. The van der Waals surface area contributed by atoms with Gasteiger partial charge in [-0.2, -0.15) is 0 Å². The van der Waals surface area contributed by atoms with Crippen molar-refractivity contribution >= 4 is 29.5 Å². The van der Waals surface area contributed by atoms with Gasteiger partial charge in [0.15, 0.2) is 0 Å². The van der Waals surface area contributed by atoms with Crippen molar-refractivity contribution in [2.75, 3.05) is 12.4 Å². The SMILES string of the molecule is CC(=O)N(C)Cc1cccc(NC(=O)/C=C/c2ccc(C(=O)NC3CC3)cc2)c1. The van der Waals surface area contributed by atoms with E-state index in [2.05, 4.69) is 10.6 Å². The first-order chi connectivity index (χ1) is 13.9. The lowest BCUT2D eigenvalue weighted by atomic mass is 10.1. The average molecular weight is 391 g/mol. The topological polar surface area (TPSA) is 78.5 Å². The molecule has 1 fully saturated rings. The number of rotatable bonds is 7. The summed E-state index contributed by atoms with van der Waals surface area (Å²) >= 11 is 0. The number of amides is 3. The first-order valence-corrected chi connectivity index (χ1v) is 9.61. The summed E-state index contributed by atoms with van der Waals surface area (Å²) < 4.78 is 0. The first kappa shape index (κ1) is 20.3. The predicted molar refractivity (Wildman–Crippen MR) is 113 cm³/mol. The van der Waals surface area contributed by atoms with Crippen LogP contribution in [0.2, 0.25) is 0 Å². The maximum Gasteiger partial charge on any atom is 0.251 e. The summed E-state index contributed by atoms with van der Waals surface area (Å²) in [5, 5.41) is 5.77. The number of nitrogens with one attached hydrogen (secondary N) is 2. The Labute approximate surface area is 170 Å². The molecule has 6 heteroatoms. The molecule has 2 N–H and O–H groups in total. The van der Waals surface area contributed by atoms with Crippen molar-refractivity contribution in [2.45, 2.75) is 32.4 Å². The zero-order valence-corrected chi connectivity index (χ0v) is 16.6. The molecule has 0 radical (unpaired) electrons. The largest absolute Gasteiger partial charge is 0.349 e. The molecule has 1 aliphatic carbocycles. The number of hydrogen-bond donors (Lipinski definition) is 2. The molecule has 150 valence electrons. The second-order valence-electron chi connectivity index (χ2n) is 7.27. The Morgan fingerprint density at radius 1 is 1.10 bits per heavy atom. The Kier molecular flexibility index (Phi) is 6.44. The van der Waals surface area contributed by atoms with Gasteiger partial charge in [-0.1, -0.05) is 24.3 Å². The lowest BCUT2D eigenvalue weighted by Gasteiger charge is -2.15. The third-order valence-corrected chi connectivity index (χ3v) is 4.66. The molecule has 0 atom stereocenters. The molecule has 0 bridgehead atoms. The summed E-state index contributed by atoms with van der Waals surface area (Å²) in [4.78, 5) is 37.2. The molecule has 0 spiro atoms. The van der Waals surface area contributed by atoms with Crippen LogP contribution in [0.15, 0.2) is 54.6 Å². The monoisotopic (exact) mass is 391 g/mol. The number of carbonyl (C=O) groups is 3. The van der Waals surface area contributed by atoms with E-state index in [9.17, 15) is 14.4 Å². The van der Waals surface area contributed by atoms with Crippen LogP contribution < -0.4 is 10.6 Å². The van der Waals surface area contributed by atoms with Gasteiger partial charge in [0, 0.05) is 43.9 Å². The molecular formula is C23H25N3O3. The Balaban J connectivity index is 1.55. The van der Waals surface area contributed by atoms with Gasteiger partial charge in [0.05, 0.1) is 0 Å². The van der Waals surface area contributed by atoms with Gasteiger partial charge in [0.1, 0.15) is 0 Å². The highest BCUT2D eigenvalue weighted by Gasteiger charge is 2.23. The number of anilines is 1. The summed E-state index contributed by atoms with van der Waals surface area (Å²) in [7, 11) is 1.73. The molecule has 3 rings (SSSR count). The van der Waals surface area contributed by atoms with E-state index in [0.717, 1.165) is 24.0 Å². The first-order valence-electron chi connectivity index (χ1n) is 9.61. The van der Waals surface area contributed by atoms with Crippen LogP contribution in [0.3, 0.4) is 0 Å². The highest BCUT2D eigenvalue weighted by atomic mass is 16.2. The van der Waals surface area contributed by atoms with Gasteiger partial charge in [0.2, 0.25) is 11.8 Å². The van der Waals surface area contributed by atoms with Crippen molar-refractivity contribution in [3.8, 4) is 0 Å². The van der Waals surface area contributed by atoms with Gasteiger partial charge in [-0.05, 0) is 54.3 Å². The lowest BCUT2D eigenvalue weighted by molar-refractivity contribution is -0.128. The zero-order valence-electron chi connectivity index (χ0n) is 16.6. The van der Waals surface area contributed by atoms with Crippen LogP contribution in [0.5, 0.6) is 0 Å². The van der Waals surface area contributed by atoms with Gasteiger partial charge in [-0.3, -0.25) is 14.4 Å². The molecule has 0 unspecified atom stereocenters. The van der Waals surface area contributed by atoms with E-state index < -0.39 is 0 Å². The third kappa shape index (κ3) is 6.31. The van der Waals surface area contributed by atoms with Gasteiger partial charge >= 0.3 is 0 Å². The Hall–Kier alpha value is -3.41. The molecule has 0 aromatic heterocycles. The predicted octanol–water partition coefficient (Wildman–Crippen LogP) is 3.21. The molecule has 2 aromatic carbocycles. The van der Waals surface area contributed by atoms with Gasteiger partial charge in [-0.15, -0.1) is 0 Å². The summed E-state index contributed by atoms with van der Waals surface area (Å²) in [6.07, 6.45) is 5.26. The molecular weight excluding hydrogens is 366 g/mol. The zero-order chi connectivity index (χ0) is 20.8. The van der Waals surface area contributed by atoms with Crippen molar-refractivity contribution < 1.29 is 14.4 Å². The standard InChI is InChI=1S/C23H25N3O3/c1-16(27)26(2)15-18-4-3-5-21(14-18)24-22(28)13-8-17-6-9-19(10-7-17)23(29)25-20-11-12-20/h3-10,13-14,20H,11-12,15H2,1-2H3,(H,24,28)(H,25,29)/b13-8+. The highest BCUT2D eigenvalue weighted by Crippen LogP contribution is 2.19. The van der Waals surface area contributed by atoms with Gasteiger partial charge in [0.25, 0.3) is 5.91 Å². The minimum atomic E-state index is -0.252. The van der Waals surface area contributed by atoms with Crippen molar-refractivity contribution in [2.24, 2.45) is 0 Å². The van der Waals surface area contributed by atoms with E-state index in [1.54, 1.807) is 36.2 Å². The van der Waals surface area contributed by atoms with Crippen LogP contribution in [0, 0.1) is 0 Å². The van der Waals surface area contributed by atoms with E-state index in [1.165, 1.54) is 13.0 Å². The van der Waals surface area contributed by atoms with Crippen LogP contribution in [-0.4, -0.2) is 35.7 Å². The van der Waals surface area contributed by atoms with Crippen molar-refractivity contribution in [3.05, 3.63) is 71.3 Å². The summed E-state index contributed by atoms with van der Waals surface area (Å²) in [5.41, 5.74) is 3.05. The number of carbonyl (C=O) groups excluding carboxylic acids is 3. The molecule has 0 saturated heterocycles. The smallest absolute Gasteiger partial charge is 0.251 e. The average Bonchev–Trinajstić information content (AvgIpc) is 3.51. The fraction of sp³-hybridized carbons (Fsp3) is 0.261. The maximum atomic E-state index is 12.2. The molecule has 3 amide bonds. The molecule has 1 saturated carbocycles. The van der Waals surface area contributed by atoms with Crippen molar-refractivity contribution in [1.29, 1.82) is 0 Å². The maximum absolute atomic E-state index is 12.2. The molecule has 0 aliphatic heterocycles. The second kappa shape index (κ2) is 9.19. The molecule has 29 heavy (non-hydrogen) atoms. The van der Waals surface area contributed by atoms with E-state index in [-0.39, 0.29) is 17.7 Å². The normalized spacial score (nSPS) is 13.2. The van der Waals surface area contributed by atoms with E-state index >= 15 is 0 Å². The van der Waals surface area contributed by atoms with Crippen LogP contribution in [-0.2, 0) is 16.1 Å². The third-order valence-electron chi connectivity index (χ3n) is 4.66. The fourth-order valence-electron chi connectivity index (χ4n) is 2.73. The Morgan fingerprint density at radius 3 is 2.48 bits per heavy atom. The molecule has 0 heterocycles. The van der Waals surface area contributed by atoms with Gasteiger partial charge in [-0.25, -0.2) is 0 Å². The van der Waals surface area contributed by atoms with Crippen LogP contribution in [0.1, 0.15) is 41.3 Å². The molecule has 6 nitrogen and oxygen atoms in total. The van der Waals surface area contributed by atoms with Crippen molar-refractivity contribution in [3.63, 3.8) is 0 Å². The quantitative estimate of drug-likeness (QED) is 0.712. The minimum absolute atomic E-state index is 0.0154. The molecule has 1 aliphatic rings. The van der Waals surface area contributed by atoms with E-state index in [1.807, 2.05) is 30.3 Å². The number of nitrogens with zero attached hydrogens (tertiary/aromatic N) is 1. The van der Waals surface area contributed by atoms with Gasteiger partial charge < -0.3 is 15.5 Å². The highest BCUT2D eigenvalue weighted by molar-refractivity contribution is 6.02. The summed E-state index contributed by atoms with van der Waals surface area (Å²) in [6.45, 7) is 2.00. The van der Waals surface area contributed by atoms with Crippen LogP contribution >= 0.6 is 0 Å². The fourth-order valence-corrected chi connectivity index (χ4v) is 2.73. The minimum Gasteiger partial charge on any atom is -0.349 e.